The summed E-state index contributed by atoms with van der Waals surface area (Å²) in [7, 11) is 1.74. The fraction of sp³-hybridized carbons (Fsp3) is 1.00. The molecule has 0 saturated carbocycles. The monoisotopic (exact) mass is 211 g/mol. The third kappa shape index (κ3) is 8.50. The van der Waals surface area contributed by atoms with Crippen LogP contribution in [0.5, 0.6) is 0 Å². The van der Waals surface area contributed by atoms with Gasteiger partial charge in [0, 0.05) is 0 Å². The van der Waals surface area contributed by atoms with Gasteiger partial charge in [-0.1, -0.05) is 6.92 Å². The molecule has 0 fully saturated rings. The summed E-state index contributed by atoms with van der Waals surface area (Å²) in [5.74, 6) is 1.46. The molecule has 0 spiro atoms. The van der Waals surface area contributed by atoms with Gasteiger partial charge in [-0.2, -0.15) is 12.6 Å². The summed E-state index contributed by atoms with van der Waals surface area (Å²) in [6, 6.07) is 0. The second-order valence-electron chi connectivity index (χ2n) is 3.56. The van der Waals surface area contributed by atoms with Gasteiger partial charge in [0.05, 0.1) is 6.54 Å². The summed E-state index contributed by atoms with van der Waals surface area (Å²) < 4.78 is 23.8. The predicted octanol–water partition coefficient (Wildman–Crippen LogP) is 2.53. The highest BCUT2D eigenvalue weighted by atomic mass is 32.1. The molecule has 0 N–H and O–H groups in total. The Balaban J connectivity index is 3.40. The Morgan fingerprint density at radius 3 is 2.38 bits per heavy atom. The summed E-state index contributed by atoms with van der Waals surface area (Å²) in [6.07, 6.45) is -0.180. The quantitative estimate of drug-likeness (QED) is 0.633. The first-order valence-corrected chi connectivity index (χ1v) is 5.27. The molecule has 13 heavy (non-hydrogen) atoms. The highest BCUT2D eigenvalue weighted by molar-refractivity contribution is 7.80. The van der Waals surface area contributed by atoms with Gasteiger partial charge in [-0.15, -0.1) is 0 Å². The number of rotatable bonds is 7. The largest absolute Gasteiger partial charge is 0.301 e. The standard InChI is InChI=1S/C9H19F2NS/c1-8(4-6-13)3-5-12(2)7-9(10)11/h8-9,13H,3-7H2,1-2H3. The van der Waals surface area contributed by atoms with Crippen LogP contribution in [0, 0.1) is 5.92 Å². The van der Waals surface area contributed by atoms with E-state index in [2.05, 4.69) is 19.6 Å². The van der Waals surface area contributed by atoms with Crippen LogP contribution in [-0.2, 0) is 0 Å². The van der Waals surface area contributed by atoms with E-state index in [1.54, 1.807) is 11.9 Å². The Morgan fingerprint density at radius 1 is 1.31 bits per heavy atom. The van der Waals surface area contributed by atoms with Crippen LogP contribution >= 0.6 is 12.6 Å². The Hall–Kier alpha value is 0.170. The lowest BCUT2D eigenvalue weighted by molar-refractivity contribution is 0.0979. The third-order valence-electron chi connectivity index (χ3n) is 2.08. The van der Waals surface area contributed by atoms with Crippen molar-refractivity contribution in [3.8, 4) is 0 Å². The Kier molecular flexibility index (Phi) is 7.66. The predicted molar refractivity (Wildman–Crippen MR) is 55.8 cm³/mol. The molecule has 0 aromatic rings. The zero-order valence-corrected chi connectivity index (χ0v) is 9.24. The van der Waals surface area contributed by atoms with Crippen molar-refractivity contribution in [1.82, 2.24) is 4.90 Å². The molecule has 0 rings (SSSR count). The molecule has 0 aliphatic heterocycles. The third-order valence-corrected chi connectivity index (χ3v) is 2.33. The summed E-state index contributed by atoms with van der Waals surface area (Å²) in [6.45, 7) is 2.76. The van der Waals surface area contributed by atoms with Crippen LogP contribution in [-0.4, -0.2) is 37.2 Å². The molecular weight excluding hydrogens is 192 g/mol. The first-order valence-electron chi connectivity index (χ1n) is 4.63. The molecule has 1 nitrogen and oxygen atoms in total. The lowest BCUT2D eigenvalue weighted by atomic mass is 10.1. The second-order valence-corrected chi connectivity index (χ2v) is 4.01. The molecule has 0 aliphatic carbocycles. The van der Waals surface area contributed by atoms with Gasteiger partial charge in [0.2, 0.25) is 0 Å². The number of halogens is 2. The molecule has 0 amide bonds. The lowest BCUT2D eigenvalue weighted by Crippen LogP contribution is -2.26. The van der Waals surface area contributed by atoms with Gasteiger partial charge in [0.25, 0.3) is 6.43 Å². The van der Waals surface area contributed by atoms with Crippen molar-refractivity contribution in [3.05, 3.63) is 0 Å². The molecular formula is C9H19F2NS. The van der Waals surface area contributed by atoms with Gasteiger partial charge in [0.15, 0.2) is 0 Å². The van der Waals surface area contributed by atoms with Crippen LogP contribution in [0.4, 0.5) is 8.78 Å². The molecule has 1 unspecified atom stereocenters. The summed E-state index contributed by atoms with van der Waals surface area (Å²) in [5, 5.41) is 0. The maximum Gasteiger partial charge on any atom is 0.251 e. The maximum absolute atomic E-state index is 11.9. The van der Waals surface area contributed by atoms with E-state index in [9.17, 15) is 8.78 Å². The topological polar surface area (TPSA) is 3.24 Å². The molecule has 0 saturated heterocycles. The fourth-order valence-corrected chi connectivity index (χ4v) is 1.57. The molecule has 1 atom stereocenters. The van der Waals surface area contributed by atoms with Crippen molar-refractivity contribution >= 4 is 12.6 Å². The van der Waals surface area contributed by atoms with Crippen molar-refractivity contribution in [3.63, 3.8) is 0 Å². The summed E-state index contributed by atoms with van der Waals surface area (Å²) in [5.41, 5.74) is 0. The van der Waals surface area contributed by atoms with E-state index < -0.39 is 6.43 Å². The molecule has 0 bridgehead atoms. The van der Waals surface area contributed by atoms with Crippen LogP contribution in [0.3, 0.4) is 0 Å². The van der Waals surface area contributed by atoms with Crippen molar-refractivity contribution in [2.24, 2.45) is 5.92 Å². The van der Waals surface area contributed by atoms with Crippen molar-refractivity contribution in [1.29, 1.82) is 0 Å². The smallest absolute Gasteiger partial charge is 0.251 e. The Labute approximate surface area is 84.9 Å². The highest BCUT2D eigenvalue weighted by Crippen LogP contribution is 2.09. The van der Waals surface area contributed by atoms with E-state index >= 15 is 0 Å². The van der Waals surface area contributed by atoms with E-state index in [4.69, 9.17) is 0 Å². The van der Waals surface area contributed by atoms with Gasteiger partial charge in [-0.25, -0.2) is 8.78 Å². The van der Waals surface area contributed by atoms with Crippen molar-refractivity contribution in [2.75, 3.05) is 25.9 Å². The summed E-state index contributed by atoms with van der Waals surface area (Å²) in [4.78, 5) is 1.68. The van der Waals surface area contributed by atoms with E-state index in [0.717, 1.165) is 25.1 Å². The molecule has 0 radical (unpaired) electrons. The SMILES string of the molecule is CC(CCS)CCN(C)CC(F)F. The first kappa shape index (κ1) is 13.2. The van der Waals surface area contributed by atoms with Crippen LogP contribution in [0.15, 0.2) is 0 Å². The van der Waals surface area contributed by atoms with Gasteiger partial charge >= 0.3 is 0 Å². The Morgan fingerprint density at radius 2 is 1.92 bits per heavy atom. The average Bonchev–Trinajstić information content (AvgIpc) is 2.00. The van der Waals surface area contributed by atoms with Crippen LogP contribution in [0.1, 0.15) is 19.8 Å². The zero-order chi connectivity index (χ0) is 10.3. The molecule has 4 heteroatoms. The molecule has 80 valence electrons. The fourth-order valence-electron chi connectivity index (χ4n) is 1.13. The molecule has 0 aromatic heterocycles. The van der Waals surface area contributed by atoms with Crippen LogP contribution in [0.25, 0.3) is 0 Å². The minimum Gasteiger partial charge on any atom is -0.301 e. The van der Waals surface area contributed by atoms with Crippen molar-refractivity contribution in [2.45, 2.75) is 26.2 Å². The van der Waals surface area contributed by atoms with Crippen molar-refractivity contribution < 1.29 is 8.78 Å². The maximum atomic E-state index is 11.9. The molecule has 0 aromatic carbocycles. The van der Waals surface area contributed by atoms with Gasteiger partial charge < -0.3 is 4.90 Å². The van der Waals surface area contributed by atoms with Gasteiger partial charge in [-0.05, 0) is 38.1 Å². The number of hydrogen-bond donors (Lipinski definition) is 1. The van der Waals surface area contributed by atoms with E-state index in [-0.39, 0.29) is 6.54 Å². The molecule has 0 heterocycles. The van der Waals surface area contributed by atoms with E-state index in [1.807, 2.05) is 0 Å². The average molecular weight is 211 g/mol. The summed E-state index contributed by atoms with van der Waals surface area (Å²) >= 11 is 4.13. The van der Waals surface area contributed by atoms with Crippen LogP contribution in [0.2, 0.25) is 0 Å². The lowest BCUT2D eigenvalue weighted by Gasteiger charge is -2.18. The number of hydrogen-bond acceptors (Lipinski definition) is 2. The normalized spacial score (nSPS) is 14.1. The number of thiol groups is 1. The second kappa shape index (κ2) is 7.56. The first-order chi connectivity index (χ1) is 6.06. The highest BCUT2D eigenvalue weighted by Gasteiger charge is 2.08. The van der Waals surface area contributed by atoms with E-state index in [1.165, 1.54) is 0 Å². The van der Waals surface area contributed by atoms with Gasteiger partial charge in [-0.3, -0.25) is 0 Å². The van der Waals surface area contributed by atoms with Gasteiger partial charge in [0.1, 0.15) is 0 Å². The number of nitrogens with zero attached hydrogens (tertiary/aromatic N) is 1. The van der Waals surface area contributed by atoms with E-state index in [0.29, 0.717) is 5.92 Å². The zero-order valence-electron chi connectivity index (χ0n) is 8.34. The Bertz CT molecular complexity index is 122. The molecule has 0 aliphatic rings. The minimum absolute atomic E-state index is 0.117. The minimum atomic E-state index is -2.22. The number of alkyl halides is 2. The van der Waals surface area contributed by atoms with Crippen LogP contribution < -0.4 is 0 Å².